The third-order valence-electron chi connectivity index (χ3n) is 4.68. The van der Waals surface area contributed by atoms with Crippen LogP contribution in [0.5, 0.6) is 0 Å². The maximum atomic E-state index is 12.5. The van der Waals surface area contributed by atoms with Crippen molar-refractivity contribution in [1.29, 1.82) is 0 Å². The van der Waals surface area contributed by atoms with Gasteiger partial charge >= 0.3 is 0 Å². The maximum Gasteiger partial charge on any atom is 0.163 e. The second-order valence-electron chi connectivity index (χ2n) is 7.62. The van der Waals surface area contributed by atoms with Crippen molar-refractivity contribution in [3.05, 3.63) is 35.4 Å². The fourth-order valence-corrected chi connectivity index (χ4v) is 3.20. The Balaban J connectivity index is 0.00000576. The van der Waals surface area contributed by atoms with Crippen molar-refractivity contribution < 1.29 is 4.79 Å². The van der Waals surface area contributed by atoms with E-state index in [4.69, 9.17) is 5.73 Å². The number of unbranched alkanes of at least 4 members (excludes halogenated alkanes) is 9. The van der Waals surface area contributed by atoms with E-state index in [1.807, 2.05) is 38.1 Å². The molecule has 3 heteroatoms. The summed E-state index contributed by atoms with van der Waals surface area (Å²) < 4.78 is 0. The van der Waals surface area contributed by atoms with Gasteiger partial charge in [0.15, 0.2) is 5.78 Å². The Bertz CT molecular complexity index is 479. The number of benzene rings is 1. The zero-order valence-corrected chi connectivity index (χ0v) is 17.3. The van der Waals surface area contributed by atoms with Crippen LogP contribution in [0.3, 0.4) is 0 Å². The Kier molecular flexibility index (Phi) is 12.9. The molecule has 0 atom stereocenters. The molecule has 0 spiro atoms. The van der Waals surface area contributed by atoms with E-state index in [0.717, 1.165) is 24.0 Å². The summed E-state index contributed by atoms with van der Waals surface area (Å²) in [5.74, 6) is 0.240. The van der Waals surface area contributed by atoms with E-state index in [1.54, 1.807) is 0 Å². The van der Waals surface area contributed by atoms with E-state index in [0.29, 0.717) is 6.42 Å². The molecule has 0 aliphatic carbocycles. The normalized spacial score (nSPS) is 11.2. The minimum Gasteiger partial charge on any atom is -0.322 e. The van der Waals surface area contributed by atoms with Gasteiger partial charge < -0.3 is 5.73 Å². The minimum absolute atomic E-state index is 0. The third kappa shape index (κ3) is 10.0. The molecular formula is C22H38ClNO. The van der Waals surface area contributed by atoms with Crippen molar-refractivity contribution >= 4 is 18.2 Å². The second-order valence-corrected chi connectivity index (χ2v) is 7.62. The van der Waals surface area contributed by atoms with Gasteiger partial charge in [0.05, 0.1) is 0 Å². The lowest BCUT2D eigenvalue weighted by Crippen LogP contribution is -2.30. The molecule has 0 heterocycles. The van der Waals surface area contributed by atoms with Crippen LogP contribution in [0.1, 0.15) is 107 Å². The van der Waals surface area contributed by atoms with Crippen molar-refractivity contribution in [2.75, 3.05) is 0 Å². The first-order valence-corrected chi connectivity index (χ1v) is 9.88. The molecule has 1 rings (SSSR count). The number of Topliss-reactive ketones (excluding diaryl/α,β-unsaturated/α-hetero) is 1. The van der Waals surface area contributed by atoms with Gasteiger partial charge in [-0.15, -0.1) is 12.4 Å². The highest BCUT2D eigenvalue weighted by Gasteiger charge is 2.21. The molecule has 144 valence electrons. The number of ketones is 1. The maximum absolute atomic E-state index is 12.5. The van der Waals surface area contributed by atoms with Crippen molar-refractivity contribution in [1.82, 2.24) is 0 Å². The van der Waals surface area contributed by atoms with E-state index in [-0.39, 0.29) is 18.2 Å². The van der Waals surface area contributed by atoms with Crippen molar-refractivity contribution in [2.45, 2.75) is 96.9 Å². The van der Waals surface area contributed by atoms with Gasteiger partial charge in [-0.1, -0.05) is 89.0 Å². The molecule has 0 aliphatic heterocycles. The summed E-state index contributed by atoms with van der Waals surface area (Å²) in [6, 6.07) is 7.79. The predicted octanol–water partition coefficient (Wildman–Crippen LogP) is 6.80. The third-order valence-corrected chi connectivity index (χ3v) is 4.68. The fraction of sp³-hybridized carbons (Fsp3) is 0.682. The van der Waals surface area contributed by atoms with Gasteiger partial charge in [-0.05, 0) is 25.8 Å². The fourth-order valence-electron chi connectivity index (χ4n) is 3.20. The van der Waals surface area contributed by atoms with E-state index in [1.165, 1.54) is 51.4 Å². The Hall–Kier alpha value is -0.860. The van der Waals surface area contributed by atoms with Crippen molar-refractivity contribution in [3.63, 3.8) is 0 Å². The summed E-state index contributed by atoms with van der Waals surface area (Å²) in [5, 5.41) is 0. The van der Waals surface area contributed by atoms with Crippen LogP contribution in [0.25, 0.3) is 0 Å². The molecule has 0 amide bonds. The molecule has 2 nitrogen and oxygen atoms in total. The highest BCUT2D eigenvalue weighted by molar-refractivity contribution is 5.97. The highest BCUT2D eigenvalue weighted by atomic mass is 35.5. The van der Waals surface area contributed by atoms with Crippen LogP contribution in [0.15, 0.2) is 24.3 Å². The Labute approximate surface area is 161 Å². The summed E-state index contributed by atoms with van der Waals surface area (Å²) in [4.78, 5) is 12.5. The number of hydrogen-bond donors (Lipinski definition) is 1. The molecule has 1 aromatic carbocycles. The average molecular weight is 368 g/mol. The highest BCUT2D eigenvalue weighted by Crippen LogP contribution is 2.23. The smallest absolute Gasteiger partial charge is 0.163 e. The van der Waals surface area contributed by atoms with Gasteiger partial charge in [0, 0.05) is 17.5 Å². The summed E-state index contributed by atoms with van der Waals surface area (Å²) in [6.07, 6.45) is 13.6. The van der Waals surface area contributed by atoms with Crippen LogP contribution in [0.4, 0.5) is 0 Å². The molecule has 0 radical (unpaired) electrons. The number of rotatable bonds is 13. The molecule has 0 aliphatic rings. The van der Waals surface area contributed by atoms with Crippen LogP contribution in [-0.2, 0) is 5.54 Å². The number of carbonyl (C=O) groups is 1. The van der Waals surface area contributed by atoms with Gasteiger partial charge in [0.25, 0.3) is 0 Å². The topological polar surface area (TPSA) is 43.1 Å². The molecule has 25 heavy (non-hydrogen) atoms. The average Bonchev–Trinajstić information content (AvgIpc) is 2.55. The van der Waals surface area contributed by atoms with Gasteiger partial charge in [0.1, 0.15) is 0 Å². The Morgan fingerprint density at radius 2 is 1.36 bits per heavy atom. The van der Waals surface area contributed by atoms with Crippen molar-refractivity contribution in [2.24, 2.45) is 5.73 Å². The first-order chi connectivity index (χ1) is 11.5. The molecule has 0 unspecified atom stereocenters. The zero-order chi connectivity index (χ0) is 17.8. The van der Waals surface area contributed by atoms with Crippen LogP contribution < -0.4 is 5.73 Å². The van der Waals surface area contributed by atoms with E-state index in [2.05, 4.69) is 6.92 Å². The lowest BCUT2D eigenvalue weighted by Gasteiger charge is -2.22. The van der Waals surface area contributed by atoms with Crippen LogP contribution in [-0.4, -0.2) is 5.78 Å². The van der Waals surface area contributed by atoms with Crippen LogP contribution in [0.2, 0.25) is 0 Å². The zero-order valence-electron chi connectivity index (χ0n) is 16.5. The monoisotopic (exact) mass is 367 g/mol. The molecule has 0 saturated carbocycles. The minimum atomic E-state index is -0.468. The van der Waals surface area contributed by atoms with E-state index >= 15 is 0 Å². The van der Waals surface area contributed by atoms with E-state index in [9.17, 15) is 4.79 Å². The van der Waals surface area contributed by atoms with Gasteiger partial charge in [0.2, 0.25) is 0 Å². The molecule has 2 N–H and O–H groups in total. The summed E-state index contributed by atoms with van der Waals surface area (Å²) in [5.41, 5.74) is 7.49. The molecule has 0 saturated heterocycles. The second kappa shape index (κ2) is 13.4. The van der Waals surface area contributed by atoms with Gasteiger partial charge in [-0.2, -0.15) is 0 Å². The van der Waals surface area contributed by atoms with Crippen molar-refractivity contribution in [3.8, 4) is 0 Å². The lowest BCUT2D eigenvalue weighted by molar-refractivity contribution is 0.0977. The summed E-state index contributed by atoms with van der Waals surface area (Å²) in [6.45, 7) is 6.17. The molecule has 1 aromatic rings. The standard InChI is InChI=1S/C22H37NO.ClH/c1-4-5-6-7-8-9-10-11-12-13-18-21(24)19-16-14-15-17-20(19)22(2,3)23;/h14-17H,4-13,18,23H2,1-3H3;1H. The summed E-state index contributed by atoms with van der Waals surface area (Å²) >= 11 is 0. The quantitative estimate of drug-likeness (QED) is 0.308. The number of nitrogens with two attached hydrogens (primary N) is 1. The molecular weight excluding hydrogens is 330 g/mol. The Morgan fingerprint density at radius 3 is 1.88 bits per heavy atom. The summed E-state index contributed by atoms with van der Waals surface area (Å²) in [7, 11) is 0. The molecule has 0 fully saturated rings. The van der Waals surface area contributed by atoms with Crippen LogP contribution >= 0.6 is 12.4 Å². The number of halogens is 1. The molecule has 0 bridgehead atoms. The number of hydrogen-bond acceptors (Lipinski definition) is 2. The van der Waals surface area contributed by atoms with Crippen LogP contribution in [0, 0.1) is 0 Å². The molecule has 0 aromatic heterocycles. The Morgan fingerprint density at radius 1 is 0.880 bits per heavy atom. The van der Waals surface area contributed by atoms with Gasteiger partial charge in [-0.25, -0.2) is 0 Å². The van der Waals surface area contributed by atoms with E-state index < -0.39 is 5.54 Å². The van der Waals surface area contributed by atoms with Gasteiger partial charge in [-0.3, -0.25) is 4.79 Å². The lowest BCUT2D eigenvalue weighted by atomic mass is 9.88. The predicted molar refractivity (Wildman–Crippen MR) is 112 cm³/mol. The first kappa shape index (κ1) is 24.1. The largest absolute Gasteiger partial charge is 0.322 e. The number of carbonyl (C=O) groups excluding carboxylic acids is 1. The SMILES string of the molecule is CCCCCCCCCCCCC(=O)c1ccccc1C(C)(C)N.Cl. The first-order valence-electron chi connectivity index (χ1n) is 9.88.